The summed E-state index contributed by atoms with van der Waals surface area (Å²) in [6.07, 6.45) is 0. The Kier molecular flexibility index (Phi) is 4.66. The molecule has 0 aliphatic rings. The number of hydrogen-bond donors (Lipinski definition) is 1. The molecule has 0 bridgehead atoms. The van der Waals surface area contributed by atoms with Crippen molar-refractivity contribution in [1.82, 2.24) is 0 Å². The van der Waals surface area contributed by atoms with Gasteiger partial charge in [0, 0.05) is 11.3 Å². The molecule has 4 nitrogen and oxygen atoms in total. The Morgan fingerprint density at radius 3 is 2.50 bits per heavy atom. The Hall–Kier alpha value is -3.01. The summed E-state index contributed by atoms with van der Waals surface area (Å²) < 4.78 is 11.4. The van der Waals surface area contributed by atoms with Crippen LogP contribution in [0.25, 0.3) is 0 Å². The second-order valence-electron chi connectivity index (χ2n) is 5.57. The van der Waals surface area contributed by atoms with Crippen molar-refractivity contribution in [2.75, 3.05) is 5.32 Å². The minimum absolute atomic E-state index is 0.272. The number of hydrogen-bond acceptors (Lipinski definition) is 3. The lowest BCUT2D eigenvalue weighted by Crippen LogP contribution is -2.10. The number of anilines is 1. The van der Waals surface area contributed by atoms with E-state index in [1.165, 1.54) is 0 Å². The van der Waals surface area contributed by atoms with E-state index in [9.17, 15) is 4.79 Å². The largest absolute Gasteiger partial charge is 0.489 e. The number of furan rings is 1. The molecule has 0 unspecified atom stereocenters. The fraction of sp³-hybridized carbons (Fsp3) is 0.150. The van der Waals surface area contributed by atoms with Crippen LogP contribution in [0, 0.1) is 13.8 Å². The van der Waals surface area contributed by atoms with Gasteiger partial charge in [-0.15, -0.1) is 0 Å². The van der Waals surface area contributed by atoms with Crippen LogP contribution in [-0.4, -0.2) is 5.91 Å². The molecular weight excluding hydrogens is 302 g/mol. The van der Waals surface area contributed by atoms with Gasteiger partial charge in [-0.2, -0.15) is 0 Å². The third-order valence-electron chi connectivity index (χ3n) is 3.75. The number of benzene rings is 2. The lowest BCUT2D eigenvalue weighted by molar-refractivity contribution is 0.0995. The molecule has 0 fully saturated rings. The molecule has 0 saturated carbocycles. The predicted octanol–water partition coefficient (Wildman–Crippen LogP) is 4.73. The van der Waals surface area contributed by atoms with Gasteiger partial charge in [-0.3, -0.25) is 4.79 Å². The molecule has 1 N–H and O–H groups in total. The molecule has 122 valence electrons. The first-order valence-corrected chi connectivity index (χ1v) is 7.77. The molecule has 2 aromatic carbocycles. The van der Waals surface area contributed by atoms with Crippen molar-refractivity contribution in [3.63, 3.8) is 0 Å². The number of ether oxygens (including phenoxy) is 1. The zero-order valence-corrected chi connectivity index (χ0v) is 13.7. The second kappa shape index (κ2) is 7.04. The first-order valence-electron chi connectivity index (χ1n) is 7.77. The minimum Gasteiger partial charge on any atom is -0.489 e. The molecule has 0 radical (unpaired) electrons. The van der Waals surface area contributed by atoms with Crippen molar-refractivity contribution in [3.05, 3.63) is 83.3 Å². The van der Waals surface area contributed by atoms with Gasteiger partial charge < -0.3 is 14.5 Å². The zero-order valence-electron chi connectivity index (χ0n) is 13.7. The van der Waals surface area contributed by atoms with Gasteiger partial charge in [0.25, 0.3) is 5.91 Å². The van der Waals surface area contributed by atoms with Gasteiger partial charge in [-0.25, -0.2) is 0 Å². The zero-order chi connectivity index (χ0) is 16.9. The van der Waals surface area contributed by atoms with Crippen LogP contribution in [-0.2, 0) is 6.61 Å². The molecule has 0 aliphatic carbocycles. The first-order chi connectivity index (χ1) is 11.6. The monoisotopic (exact) mass is 321 g/mol. The third-order valence-corrected chi connectivity index (χ3v) is 3.75. The summed E-state index contributed by atoms with van der Waals surface area (Å²) in [6.45, 7) is 4.19. The predicted molar refractivity (Wildman–Crippen MR) is 93.4 cm³/mol. The van der Waals surface area contributed by atoms with Crippen molar-refractivity contribution in [2.45, 2.75) is 20.5 Å². The maximum absolute atomic E-state index is 12.3. The number of rotatable bonds is 5. The summed E-state index contributed by atoms with van der Waals surface area (Å²) in [5, 5.41) is 2.81. The van der Waals surface area contributed by atoms with Crippen LogP contribution >= 0.6 is 0 Å². The van der Waals surface area contributed by atoms with Crippen LogP contribution in [0.15, 0.2) is 65.1 Å². The Balaban J connectivity index is 1.68. The number of para-hydroxylation sites is 2. The first kappa shape index (κ1) is 15.9. The van der Waals surface area contributed by atoms with Crippen LogP contribution in [0.4, 0.5) is 5.69 Å². The maximum atomic E-state index is 12.3. The van der Waals surface area contributed by atoms with Crippen molar-refractivity contribution >= 4 is 11.6 Å². The highest BCUT2D eigenvalue weighted by Crippen LogP contribution is 2.21. The molecular formula is C20H19NO3. The fourth-order valence-corrected chi connectivity index (χ4v) is 2.36. The quantitative estimate of drug-likeness (QED) is 0.739. The molecule has 0 saturated heterocycles. The van der Waals surface area contributed by atoms with E-state index in [0.29, 0.717) is 12.4 Å². The Bertz CT molecular complexity index is 837. The SMILES string of the molecule is Cc1ccccc1OCc1cc(C(=O)Nc2ccccc2)oc1C. The summed E-state index contributed by atoms with van der Waals surface area (Å²) in [4.78, 5) is 12.3. The summed E-state index contributed by atoms with van der Waals surface area (Å²) >= 11 is 0. The van der Waals surface area contributed by atoms with E-state index < -0.39 is 0 Å². The number of carbonyl (C=O) groups excluding carboxylic acids is 1. The van der Waals surface area contributed by atoms with Crippen LogP contribution in [0.3, 0.4) is 0 Å². The van der Waals surface area contributed by atoms with Crippen LogP contribution in [0.1, 0.15) is 27.4 Å². The molecule has 1 amide bonds. The van der Waals surface area contributed by atoms with Crippen LogP contribution in [0.5, 0.6) is 5.75 Å². The summed E-state index contributed by atoms with van der Waals surface area (Å²) in [5.74, 6) is 1.52. The van der Waals surface area contributed by atoms with E-state index in [1.807, 2.05) is 68.4 Å². The van der Waals surface area contributed by atoms with E-state index in [1.54, 1.807) is 6.07 Å². The lowest BCUT2D eigenvalue weighted by atomic mass is 10.2. The summed E-state index contributed by atoms with van der Waals surface area (Å²) in [5.41, 5.74) is 2.66. The standard InChI is InChI=1S/C20H19NO3/c1-14-8-6-7-11-18(14)23-13-16-12-19(24-15(16)2)20(22)21-17-9-4-3-5-10-17/h3-12H,13H2,1-2H3,(H,21,22). The van der Waals surface area contributed by atoms with Gasteiger partial charge in [0.05, 0.1) is 0 Å². The van der Waals surface area contributed by atoms with Crippen molar-refractivity contribution in [2.24, 2.45) is 0 Å². The molecule has 0 atom stereocenters. The van der Waals surface area contributed by atoms with Gasteiger partial charge in [0.15, 0.2) is 5.76 Å². The number of nitrogens with one attached hydrogen (secondary N) is 1. The topological polar surface area (TPSA) is 51.5 Å². The molecule has 3 aromatic rings. The molecule has 0 spiro atoms. The average Bonchev–Trinajstić information content (AvgIpc) is 2.96. The highest BCUT2D eigenvalue weighted by Gasteiger charge is 2.15. The van der Waals surface area contributed by atoms with Crippen LogP contribution < -0.4 is 10.1 Å². The lowest BCUT2D eigenvalue weighted by Gasteiger charge is -2.07. The van der Waals surface area contributed by atoms with Crippen LogP contribution in [0.2, 0.25) is 0 Å². The van der Waals surface area contributed by atoms with E-state index >= 15 is 0 Å². The molecule has 24 heavy (non-hydrogen) atoms. The number of aryl methyl sites for hydroxylation is 2. The third kappa shape index (κ3) is 3.66. The van der Waals surface area contributed by atoms with Gasteiger partial charge >= 0.3 is 0 Å². The minimum atomic E-state index is -0.272. The van der Waals surface area contributed by atoms with E-state index in [2.05, 4.69) is 5.32 Å². The highest BCUT2D eigenvalue weighted by atomic mass is 16.5. The summed E-state index contributed by atoms with van der Waals surface area (Å²) in [6, 6.07) is 18.8. The molecule has 4 heteroatoms. The van der Waals surface area contributed by atoms with Gasteiger partial charge in [0.2, 0.25) is 0 Å². The number of carbonyl (C=O) groups is 1. The summed E-state index contributed by atoms with van der Waals surface area (Å²) in [7, 11) is 0. The Labute approximate surface area is 141 Å². The van der Waals surface area contributed by atoms with E-state index in [4.69, 9.17) is 9.15 Å². The number of amides is 1. The van der Waals surface area contributed by atoms with Crippen molar-refractivity contribution in [3.8, 4) is 5.75 Å². The molecule has 1 heterocycles. The maximum Gasteiger partial charge on any atom is 0.291 e. The van der Waals surface area contributed by atoms with Crippen molar-refractivity contribution in [1.29, 1.82) is 0 Å². The Morgan fingerprint density at radius 2 is 1.75 bits per heavy atom. The molecule has 0 aliphatic heterocycles. The second-order valence-corrected chi connectivity index (χ2v) is 5.57. The molecule has 3 rings (SSSR count). The molecule has 1 aromatic heterocycles. The van der Waals surface area contributed by atoms with Gasteiger partial charge in [-0.05, 0) is 43.7 Å². The smallest absolute Gasteiger partial charge is 0.291 e. The fourth-order valence-electron chi connectivity index (χ4n) is 2.36. The van der Waals surface area contributed by atoms with E-state index in [-0.39, 0.29) is 11.7 Å². The highest BCUT2D eigenvalue weighted by molar-refractivity contribution is 6.02. The normalized spacial score (nSPS) is 10.4. The van der Waals surface area contributed by atoms with Gasteiger partial charge in [-0.1, -0.05) is 36.4 Å². The van der Waals surface area contributed by atoms with E-state index in [0.717, 1.165) is 22.6 Å². The average molecular weight is 321 g/mol. The Morgan fingerprint density at radius 1 is 1.04 bits per heavy atom. The van der Waals surface area contributed by atoms with Crippen molar-refractivity contribution < 1.29 is 13.9 Å². The van der Waals surface area contributed by atoms with Gasteiger partial charge in [0.1, 0.15) is 18.1 Å².